The molecule has 24 heavy (non-hydrogen) atoms. The Morgan fingerprint density at radius 1 is 1.12 bits per heavy atom. The van der Waals surface area contributed by atoms with Crippen molar-refractivity contribution in [2.45, 2.75) is 46.1 Å². The number of nitrogens with two attached hydrogens (primary N) is 1. The van der Waals surface area contributed by atoms with Crippen LogP contribution in [0.5, 0.6) is 0 Å². The highest BCUT2D eigenvalue weighted by Crippen LogP contribution is 2.22. The van der Waals surface area contributed by atoms with Gasteiger partial charge in [0, 0.05) is 12.0 Å². The van der Waals surface area contributed by atoms with E-state index < -0.39 is 6.04 Å². The zero-order valence-corrected chi connectivity index (χ0v) is 16.0. The molecule has 0 fully saturated rings. The third-order valence-corrected chi connectivity index (χ3v) is 4.00. The summed E-state index contributed by atoms with van der Waals surface area (Å²) in [6.07, 6.45) is 0. The summed E-state index contributed by atoms with van der Waals surface area (Å²) in [7, 11) is 0. The molecule has 4 N–H and O–H groups in total. The fourth-order valence-corrected chi connectivity index (χ4v) is 2.08. The minimum Gasteiger partial charge on any atom is -0.354 e. The Bertz CT molecular complexity index is 542. The monoisotopic (exact) mass is 355 g/mol. The van der Waals surface area contributed by atoms with Gasteiger partial charge in [-0.15, -0.1) is 12.4 Å². The number of aryl methyl sites for hydroxylation is 1. The Kier molecular flexibility index (Phi) is 9.01. The summed E-state index contributed by atoms with van der Waals surface area (Å²) in [6.45, 7) is 10.4. The van der Waals surface area contributed by atoms with Crippen molar-refractivity contribution in [3.8, 4) is 0 Å². The van der Waals surface area contributed by atoms with E-state index in [0.29, 0.717) is 6.54 Å². The SMILES string of the molecule is Cc1ccc(C(C)(C)CNC(=O)CNC(=O)[C@@H](N)C(C)C)cc1.Cl. The number of rotatable bonds is 7. The zero-order valence-electron chi connectivity index (χ0n) is 15.2. The van der Waals surface area contributed by atoms with E-state index in [1.807, 2.05) is 20.8 Å². The van der Waals surface area contributed by atoms with Crippen molar-refractivity contribution in [2.24, 2.45) is 11.7 Å². The molecule has 0 heterocycles. The molecule has 2 amide bonds. The van der Waals surface area contributed by atoms with Crippen LogP contribution in [0.25, 0.3) is 0 Å². The Labute approximate surface area is 151 Å². The van der Waals surface area contributed by atoms with Gasteiger partial charge in [-0.25, -0.2) is 0 Å². The predicted octanol–water partition coefficient (Wildman–Crippen LogP) is 1.91. The van der Waals surface area contributed by atoms with Crippen LogP contribution in [0.4, 0.5) is 0 Å². The van der Waals surface area contributed by atoms with Crippen molar-refractivity contribution < 1.29 is 9.59 Å². The Morgan fingerprint density at radius 3 is 2.17 bits per heavy atom. The lowest BCUT2D eigenvalue weighted by Gasteiger charge is -2.26. The molecule has 0 aliphatic rings. The smallest absolute Gasteiger partial charge is 0.239 e. The lowest BCUT2D eigenvalue weighted by Crippen LogP contribution is -2.48. The first kappa shape index (κ1) is 22.4. The van der Waals surface area contributed by atoms with E-state index in [1.54, 1.807) is 0 Å². The summed E-state index contributed by atoms with van der Waals surface area (Å²) < 4.78 is 0. The molecule has 136 valence electrons. The summed E-state index contributed by atoms with van der Waals surface area (Å²) in [5.74, 6) is -0.471. The second-order valence-electron chi connectivity index (χ2n) is 7.01. The highest BCUT2D eigenvalue weighted by atomic mass is 35.5. The first-order valence-corrected chi connectivity index (χ1v) is 8.00. The van der Waals surface area contributed by atoms with Crippen LogP contribution < -0.4 is 16.4 Å². The normalized spacial score (nSPS) is 12.3. The van der Waals surface area contributed by atoms with E-state index in [0.717, 1.165) is 5.56 Å². The number of carbonyl (C=O) groups is 2. The molecule has 1 aromatic carbocycles. The van der Waals surface area contributed by atoms with Gasteiger partial charge >= 0.3 is 0 Å². The van der Waals surface area contributed by atoms with Gasteiger partial charge in [-0.2, -0.15) is 0 Å². The van der Waals surface area contributed by atoms with Crippen molar-refractivity contribution in [3.63, 3.8) is 0 Å². The second-order valence-corrected chi connectivity index (χ2v) is 7.01. The van der Waals surface area contributed by atoms with Gasteiger partial charge in [0.25, 0.3) is 0 Å². The van der Waals surface area contributed by atoms with Crippen molar-refractivity contribution >= 4 is 24.2 Å². The molecule has 0 saturated carbocycles. The number of hydrogen-bond donors (Lipinski definition) is 3. The fourth-order valence-electron chi connectivity index (χ4n) is 2.08. The van der Waals surface area contributed by atoms with Gasteiger partial charge in [-0.1, -0.05) is 57.5 Å². The third-order valence-electron chi connectivity index (χ3n) is 4.00. The van der Waals surface area contributed by atoms with Gasteiger partial charge in [0.2, 0.25) is 11.8 Å². The van der Waals surface area contributed by atoms with E-state index in [2.05, 4.69) is 48.7 Å². The summed E-state index contributed by atoms with van der Waals surface area (Å²) in [6, 6.07) is 7.68. The van der Waals surface area contributed by atoms with Crippen molar-refractivity contribution in [1.82, 2.24) is 10.6 Å². The standard InChI is InChI=1S/C18H29N3O2.ClH/c1-12(2)16(19)17(23)20-10-15(22)21-11-18(4,5)14-8-6-13(3)7-9-14;/h6-9,12,16H,10-11,19H2,1-5H3,(H,20,23)(H,21,22);1H/t16-;/m0./s1. The highest BCUT2D eigenvalue weighted by Gasteiger charge is 2.22. The van der Waals surface area contributed by atoms with Gasteiger partial charge in [0.05, 0.1) is 12.6 Å². The molecule has 0 aliphatic heterocycles. The Hall–Kier alpha value is -1.59. The number of nitrogens with one attached hydrogen (secondary N) is 2. The topological polar surface area (TPSA) is 84.2 Å². The molecule has 0 aromatic heterocycles. The molecule has 6 heteroatoms. The third kappa shape index (κ3) is 6.89. The van der Waals surface area contributed by atoms with Crippen molar-refractivity contribution in [2.75, 3.05) is 13.1 Å². The summed E-state index contributed by atoms with van der Waals surface area (Å²) >= 11 is 0. The lowest BCUT2D eigenvalue weighted by molar-refractivity contribution is -0.127. The van der Waals surface area contributed by atoms with E-state index in [-0.39, 0.29) is 42.1 Å². The summed E-state index contributed by atoms with van der Waals surface area (Å²) in [5.41, 5.74) is 7.92. The minimum atomic E-state index is -0.591. The quantitative estimate of drug-likeness (QED) is 0.698. The molecule has 0 aliphatic carbocycles. The fraction of sp³-hybridized carbons (Fsp3) is 0.556. The van der Waals surface area contributed by atoms with E-state index in [9.17, 15) is 9.59 Å². The van der Waals surface area contributed by atoms with Crippen LogP contribution in [0, 0.1) is 12.8 Å². The molecule has 0 unspecified atom stereocenters. The molecule has 0 bridgehead atoms. The van der Waals surface area contributed by atoms with Gasteiger partial charge in [0.15, 0.2) is 0 Å². The van der Waals surface area contributed by atoms with Crippen LogP contribution in [0.2, 0.25) is 0 Å². The lowest BCUT2D eigenvalue weighted by atomic mass is 9.84. The first-order valence-electron chi connectivity index (χ1n) is 8.00. The molecule has 1 atom stereocenters. The first-order chi connectivity index (χ1) is 10.6. The molecule has 0 saturated heterocycles. The van der Waals surface area contributed by atoms with E-state index >= 15 is 0 Å². The van der Waals surface area contributed by atoms with Crippen LogP contribution >= 0.6 is 12.4 Å². The molecule has 0 spiro atoms. The van der Waals surface area contributed by atoms with Crippen LogP contribution in [0.15, 0.2) is 24.3 Å². The molecule has 1 rings (SSSR count). The van der Waals surface area contributed by atoms with Gasteiger partial charge < -0.3 is 16.4 Å². The Morgan fingerprint density at radius 2 is 1.67 bits per heavy atom. The van der Waals surface area contributed by atoms with Crippen LogP contribution in [0.3, 0.4) is 0 Å². The van der Waals surface area contributed by atoms with Gasteiger partial charge in [-0.05, 0) is 18.4 Å². The molecule has 1 aromatic rings. The van der Waals surface area contributed by atoms with Crippen molar-refractivity contribution in [1.29, 1.82) is 0 Å². The van der Waals surface area contributed by atoms with Gasteiger partial charge in [-0.3, -0.25) is 9.59 Å². The maximum atomic E-state index is 11.9. The Balaban J connectivity index is 0.00000529. The van der Waals surface area contributed by atoms with E-state index in [1.165, 1.54) is 5.56 Å². The minimum absolute atomic E-state index is 0. The molecule has 0 radical (unpaired) electrons. The van der Waals surface area contributed by atoms with Crippen molar-refractivity contribution in [3.05, 3.63) is 35.4 Å². The average molecular weight is 356 g/mol. The maximum absolute atomic E-state index is 11.9. The summed E-state index contributed by atoms with van der Waals surface area (Å²) in [4.78, 5) is 23.6. The average Bonchev–Trinajstić information content (AvgIpc) is 2.50. The molecular formula is C18H30ClN3O2. The maximum Gasteiger partial charge on any atom is 0.239 e. The van der Waals surface area contributed by atoms with Crippen LogP contribution in [0.1, 0.15) is 38.8 Å². The number of halogens is 1. The number of carbonyl (C=O) groups excluding carboxylic acids is 2. The summed E-state index contributed by atoms with van der Waals surface area (Å²) in [5, 5.41) is 5.44. The molecule has 5 nitrogen and oxygen atoms in total. The molecular weight excluding hydrogens is 326 g/mol. The zero-order chi connectivity index (χ0) is 17.6. The predicted molar refractivity (Wildman–Crippen MR) is 100 cm³/mol. The number of hydrogen-bond acceptors (Lipinski definition) is 3. The largest absolute Gasteiger partial charge is 0.354 e. The highest BCUT2D eigenvalue weighted by molar-refractivity contribution is 5.87. The number of benzene rings is 1. The van der Waals surface area contributed by atoms with Crippen LogP contribution in [-0.4, -0.2) is 30.9 Å². The van der Waals surface area contributed by atoms with Crippen LogP contribution in [-0.2, 0) is 15.0 Å². The number of amides is 2. The van der Waals surface area contributed by atoms with E-state index in [4.69, 9.17) is 5.73 Å². The second kappa shape index (κ2) is 9.64. The van der Waals surface area contributed by atoms with Gasteiger partial charge in [0.1, 0.15) is 0 Å².